The first-order chi connectivity index (χ1) is 23.8. The highest BCUT2D eigenvalue weighted by atomic mass is 16.6. The summed E-state index contributed by atoms with van der Waals surface area (Å²) in [4.78, 5) is 9.96. The van der Waals surface area contributed by atoms with Crippen molar-refractivity contribution >= 4 is 21.8 Å². The van der Waals surface area contributed by atoms with Gasteiger partial charge in [0.05, 0.1) is 26.4 Å². The van der Waals surface area contributed by atoms with Gasteiger partial charge in [-0.25, -0.2) is 9.97 Å². The van der Waals surface area contributed by atoms with E-state index in [2.05, 4.69) is 0 Å². The summed E-state index contributed by atoms with van der Waals surface area (Å²) >= 11 is 0. The fourth-order valence-corrected chi connectivity index (χ4v) is 6.25. The summed E-state index contributed by atoms with van der Waals surface area (Å²) in [6.45, 7) is 2.42. The molecule has 48 heavy (non-hydrogen) atoms. The molecular weight excluding hydrogens is 604 g/mol. The molecule has 0 saturated heterocycles. The second-order valence-corrected chi connectivity index (χ2v) is 12.5. The second-order valence-electron chi connectivity index (χ2n) is 12.5. The van der Waals surface area contributed by atoms with Crippen LogP contribution in [0.3, 0.4) is 0 Å². The number of nitrogens with zero attached hydrogens (tertiary/aromatic N) is 2. The van der Waals surface area contributed by atoms with Gasteiger partial charge in [0.1, 0.15) is 11.0 Å². The van der Waals surface area contributed by atoms with E-state index in [1.54, 1.807) is 0 Å². The first-order valence-electron chi connectivity index (χ1n) is 17.7. The fourth-order valence-electron chi connectivity index (χ4n) is 6.25. The third-order valence-corrected chi connectivity index (χ3v) is 8.87. The van der Waals surface area contributed by atoms with Crippen molar-refractivity contribution in [3.63, 3.8) is 0 Å². The Hall–Kier alpha value is -4.72. The summed E-state index contributed by atoms with van der Waals surface area (Å²) in [5, 5.41) is 1.88. The quantitative estimate of drug-likeness (QED) is 0.153. The van der Waals surface area contributed by atoms with Crippen LogP contribution in [0.4, 0.5) is 0 Å². The summed E-state index contributed by atoms with van der Waals surface area (Å²) in [6.07, 6.45) is 12.8. The van der Waals surface area contributed by atoms with E-state index in [1.165, 1.54) is 0 Å². The van der Waals surface area contributed by atoms with E-state index < -0.39 is 0 Å². The van der Waals surface area contributed by atoms with Gasteiger partial charge in [0, 0.05) is 22.9 Å². The molecule has 2 aliphatic rings. The van der Waals surface area contributed by atoms with E-state index in [4.69, 9.17) is 38.4 Å². The van der Waals surface area contributed by atoms with Crippen molar-refractivity contribution in [2.75, 3.05) is 26.4 Å². The van der Waals surface area contributed by atoms with Crippen molar-refractivity contribution in [1.29, 1.82) is 0 Å². The summed E-state index contributed by atoms with van der Waals surface area (Å²) < 4.78 is 38.4. The van der Waals surface area contributed by atoms with Gasteiger partial charge in [0.15, 0.2) is 23.0 Å². The average molecular weight is 649 g/mol. The van der Waals surface area contributed by atoms with Gasteiger partial charge in [-0.15, -0.1) is 0 Å². The van der Waals surface area contributed by atoms with Crippen LogP contribution in [0.5, 0.6) is 46.3 Å². The minimum Gasteiger partial charge on any atom is -0.490 e. The maximum atomic E-state index is 6.54. The Morgan fingerprint density at radius 3 is 1.02 bits per heavy atom. The minimum atomic E-state index is 0.433. The molecule has 0 radical (unpaired) electrons. The smallest absolute Gasteiger partial charge is 0.220 e. The van der Waals surface area contributed by atoms with Crippen LogP contribution >= 0.6 is 0 Å². The molecule has 0 atom stereocenters. The number of hydrogen-bond donors (Lipinski definition) is 0. The van der Waals surface area contributed by atoms with Crippen LogP contribution in [-0.2, 0) is 0 Å². The summed E-state index contributed by atoms with van der Waals surface area (Å²) in [6, 6.07) is 23.6. The maximum Gasteiger partial charge on any atom is 0.220 e. The first-order valence-corrected chi connectivity index (χ1v) is 17.7. The standard InChI is InChI=1S/C40H44N2O6/c1-2-6-10-26-44-32-16-14-18-34-40(32)48-36-24-22-30-20-19-29-21-23-35(41-37(29)38(30)42-36)47-39-31(43-25-9-5-1)15-13-17-33(39)45-27-11-7-3-4-8-12-28-46-34/h13-24H,1-12,25-28H2. The molecule has 8 nitrogen and oxygen atoms in total. The van der Waals surface area contributed by atoms with Gasteiger partial charge in [-0.1, -0.05) is 75.6 Å². The Morgan fingerprint density at radius 2 is 0.667 bits per heavy atom. The summed E-state index contributed by atoms with van der Waals surface area (Å²) in [5.74, 6) is 4.60. The molecule has 0 fully saturated rings. The largest absolute Gasteiger partial charge is 0.490 e. The highest BCUT2D eigenvalue weighted by Gasteiger charge is 2.18. The van der Waals surface area contributed by atoms with Gasteiger partial charge in [0.25, 0.3) is 0 Å². The van der Waals surface area contributed by atoms with Gasteiger partial charge in [0.2, 0.25) is 23.3 Å². The number of para-hydroxylation sites is 2. The van der Waals surface area contributed by atoms with Crippen molar-refractivity contribution in [3.8, 4) is 46.3 Å². The van der Waals surface area contributed by atoms with E-state index in [0.29, 0.717) is 83.7 Å². The third-order valence-electron chi connectivity index (χ3n) is 8.87. The molecule has 0 saturated carbocycles. The van der Waals surface area contributed by atoms with Gasteiger partial charge in [-0.05, 0) is 62.1 Å². The lowest BCUT2D eigenvalue weighted by Gasteiger charge is -2.18. The minimum absolute atomic E-state index is 0.433. The number of pyridine rings is 2. The molecule has 4 heterocycles. The Kier molecular flexibility index (Phi) is 10.6. The predicted molar refractivity (Wildman–Crippen MR) is 187 cm³/mol. The average Bonchev–Trinajstić information content (AvgIpc) is 3.11. The molecule has 7 rings (SSSR count). The van der Waals surface area contributed by atoms with E-state index in [1.807, 2.05) is 72.8 Å². The van der Waals surface area contributed by atoms with Crippen LogP contribution in [0.1, 0.15) is 77.0 Å². The van der Waals surface area contributed by atoms with Crippen molar-refractivity contribution in [2.24, 2.45) is 0 Å². The molecule has 0 spiro atoms. The fraction of sp³-hybridized carbons (Fsp3) is 0.400. The van der Waals surface area contributed by atoms with Gasteiger partial charge >= 0.3 is 0 Å². The molecule has 2 aliphatic heterocycles. The lowest BCUT2D eigenvalue weighted by Crippen LogP contribution is -2.04. The topological polar surface area (TPSA) is 81.2 Å². The zero-order chi connectivity index (χ0) is 32.4. The molecule has 0 unspecified atom stereocenters. The van der Waals surface area contributed by atoms with Crippen molar-refractivity contribution in [2.45, 2.75) is 77.0 Å². The van der Waals surface area contributed by atoms with E-state index in [0.717, 1.165) is 87.8 Å². The predicted octanol–water partition coefficient (Wildman–Crippen LogP) is 10.6. The van der Waals surface area contributed by atoms with Crippen LogP contribution in [0.25, 0.3) is 21.8 Å². The zero-order valence-corrected chi connectivity index (χ0v) is 27.6. The molecular formula is C40H44N2O6. The molecule has 3 aromatic carbocycles. The van der Waals surface area contributed by atoms with Gasteiger partial charge in [-0.2, -0.15) is 0 Å². The number of rotatable bonds is 0. The highest BCUT2D eigenvalue weighted by molar-refractivity contribution is 6.03. The number of ether oxygens (including phenoxy) is 6. The lowest BCUT2D eigenvalue weighted by molar-refractivity contribution is 0.261. The van der Waals surface area contributed by atoms with Crippen LogP contribution < -0.4 is 28.4 Å². The number of benzene rings is 3. The monoisotopic (exact) mass is 648 g/mol. The van der Waals surface area contributed by atoms with Crippen LogP contribution in [0.2, 0.25) is 0 Å². The molecule has 0 amide bonds. The second kappa shape index (κ2) is 15.9. The number of aromatic nitrogens is 2. The molecule has 250 valence electrons. The van der Waals surface area contributed by atoms with Crippen molar-refractivity contribution < 1.29 is 28.4 Å². The summed E-state index contributed by atoms with van der Waals surface area (Å²) in [5.41, 5.74) is 1.42. The Labute approximate surface area is 282 Å². The third kappa shape index (κ3) is 7.87. The molecule has 6 bridgehead atoms. The molecule has 0 N–H and O–H groups in total. The van der Waals surface area contributed by atoms with Crippen molar-refractivity contribution in [1.82, 2.24) is 9.97 Å². The Bertz CT molecular complexity index is 1630. The Balaban J connectivity index is 1.33. The molecule has 8 heteroatoms. The molecule has 5 aromatic rings. The van der Waals surface area contributed by atoms with Gasteiger partial charge < -0.3 is 28.4 Å². The van der Waals surface area contributed by atoms with Crippen molar-refractivity contribution in [3.05, 3.63) is 72.8 Å². The van der Waals surface area contributed by atoms with Crippen LogP contribution in [0, 0.1) is 0 Å². The maximum absolute atomic E-state index is 6.54. The lowest BCUT2D eigenvalue weighted by atomic mass is 10.1. The van der Waals surface area contributed by atoms with Crippen LogP contribution in [0.15, 0.2) is 72.8 Å². The first kappa shape index (κ1) is 31.9. The summed E-state index contributed by atoms with van der Waals surface area (Å²) in [7, 11) is 0. The van der Waals surface area contributed by atoms with E-state index in [-0.39, 0.29) is 0 Å². The molecule has 2 aromatic heterocycles. The highest BCUT2D eigenvalue weighted by Crippen LogP contribution is 2.42. The normalized spacial score (nSPS) is 16.8. The van der Waals surface area contributed by atoms with E-state index in [9.17, 15) is 0 Å². The van der Waals surface area contributed by atoms with Gasteiger partial charge in [-0.3, -0.25) is 0 Å². The molecule has 0 aliphatic carbocycles. The van der Waals surface area contributed by atoms with Crippen LogP contribution in [-0.4, -0.2) is 36.4 Å². The SMILES string of the molecule is c1cc2c3c(c1)OCCCCCCCCOc1cccc(c1Oc1ccc4ccc5ccc(nc5c4n1)O3)OCCCCCCCCO2. The zero-order valence-electron chi connectivity index (χ0n) is 27.6. The Morgan fingerprint density at radius 1 is 0.354 bits per heavy atom. The number of hydrogen-bond acceptors (Lipinski definition) is 8. The van der Waals surface area contributed by atoms with E-state index >= 15 is 0 Å².